The molecular weight excluding hydrogens is 272 g/mol. The van der Waals surface area contributed by atoms with E-state index in [-0.39, 0.29) is 5.97 Å². The van der Waals surface area contributed by atoms with Crippen LogP contribution >= 0.6 is 0 Å². The Bertz CT molecular complexity index is 362. The summed E-state index contributed by atoms with van der Waals surface area (Å²) in [5, 5.41) is 0. The van der Waals surface area contributed by atoms with Crippen LogP contribution in [-0.2, 0) is 9.53 Å². The van der Waals surface area contributed by atoms with Gasteiger partial charge in [0.1, 0.15) is 0 Å². The van der Waals surface area contributed by atoms with Gasteiger partial charge in [-0.1, -0.05) is 88.0 Å². The fourth-order valence-corrected chi connectivity index (χ4v) is 1.98. The van der Waals surface area contributed by atoms with E-state index in [1.54, 1.807) is 13.0 Å². The monoisotopic (exact) mass is 304 g/mol. The van der Waals surface area contributed by atoms with Crippen molar-refractivity contribution >= 4 is 5.97 Å². The molecule has 0 amide bonds. The predicted octanol–water partition coefficient (Wildman–Crippen LogP) is 5.92. The van der Waals surface area contributed by atoms with Gasteiger partial charge >= 0.3 is 5.97 Å². The van der Waals surface area contributed by atoms with Crippen LogP contribution < -0.4 is 0 Å². The molecular formula is C20H32O2. The number of allylic oxidation sites excluding steroid dienone is 7. The zero-order valence-corrected chi connectivity index (χ0v) is 14.3. The van der Waals surface area contributed by atoms with Gasteiger partial charge in [0.05, 0.1) is 6.61 Å². The third-order valence-corrected chi connectivity index (χ3v) is 3.18. The summed E-state index contributed by atoms with van der Waals surface area (Å²) in [4.78, 5) is 11.0. The molecule has 0 bridgehead atoms. The van der Waals surface area contributed by atoms with Gasteiger partial charge in [0, 0.05) is 6.08 Å². The molecule has 0 radical (unpaired) electrons. The Morgan fingerprint density at radius 3 is 2.05 bits per heavy atom. The van der Waals surface area contributed by atoms with E-state index in [1.807, 2.05) is 24.3 Å². The van der Waals surface area contributed by atoms with Gasteiger partial charge in [-0.15, -0.1) is 0 Å². The van der Waals surface area contributed by atoms with Crippen molar-refractivity contribution in [3.05, 3.63) is 48.6 Å². The van der Waals surface area contributed by atoms with E-state index < -0.39 is 0 Å². The lowest BCUT2D eigenvalue weighted by Crippen LogP contribution is -1.98. The van der Waals surface area contributed by atoms with Crippen LogP contribution in [0.1, 0.15) is 65.2 Å². The first-order valence-corrected chi connectivity index (χ1v) is 8.64. The number of hydrogen-bond donors (Lipinski definition) is 0. The van der Waals surface area contributed by atoms with Crippen LogP contribution in [0.2, 0.25) is 0 Å². The molecule has 0 aliphatic heterocycles. The maximum Gasteiger partial charge on any atom is 0.330 e. The molecule has 2 heteroatoms. The highest BCUT2D eigenvalue weighted by atomic mass is 16.5. The lowest BCUT2D eigenvalue weighted by molar-refractivity contribution is -0.137. The molecule has 0 rings (SSSR count). The smallest absolute Gasteiger partial charge is 0.330 e. The van der Waals surface area contributed by atoms with Crippen molar-refractivity contribution in [3.8, 4) is 0 Å². The molecule has 0 saturated heterocycles. The Labute approximate surface area is 136 Å². The topological polar surface area (TPSA) is 26.3 Å². The Balaban J connectivity index is 3.50. The van der Waals surface area contributed by atoms with Gasteiger partial charge in [-0.25, -0.2) is 4.79 Å². The van der Waals surface area contributed by atoms with Gasteiger partial charge in [0.2, 0.25) is 0 Å². The highest BCUT2D eigenvalue weighted by Crippen LogP contribution is 2.08. The average Bonchev–Trinajstić information content (AvgIpc) is 2.51. The van der Waals surface area contributed by atoms with Crippen molar-refractivity contribution in [3.63, 3.8) is 0 Å². The second-order valence-electron chi connectivity index (χ2n) is 5.22. The first kappa shape index (κ1) is 20.4. The van der Waals surface area contributed by atoms with Crippen LogP contribution in [-0.4, -0.2) is 12.6 Å². The van der Waals surface area contributed by atoms with Crippen LogP contribution in [0.25, 0.3) is 0 Å². The highest BCUT2D eigenvalue weighted by Gasteiger charge is 1.90. The van der Waals surface area contributed by atoms with E-state index in [9.17, 15) is 4.79 Å². The van der Waals surface area contributed by atoms with Crippen LogP contribution in [0, 0.1) is 0 Å². The summed E-state index contributed by atoms with van der Waals surface area (Å²) in [5.74, 6) is -0.300. The summed E-state index contributed by atoms with van der Waals surface area (Å²) in [5.41, 5.74) is 0. The Morgan fingerprint density at radius 2 is 1.36 bits per heavy atom. The molecule has 0 N–H and O–H groups in total. The van der Waals surface area contributed by atoms with Crippen LogP contribution in [0.15, 0.2) is 48.6 Å². The maximum atomic E-state index is 11.0. The summed E-state index contributed by atoms with van der Waals surface area (Å²) in [7, 11) is 0. The first-order valence-electron chi connectivity index (χ1n) is 8.64. The number of carbonyl (C=O) groups is 1. The second kappa shape index (κ2) is 17.5. The summed E-state index contributed by atoms with van der Waals surface area (Å²) in [6.45, 7) is 4.46. The number of carbonyl (C=O) groups excluding carboxylic acids is 1. The van der Waals surface area contributed by atoms with E-state index in [0.717, 1.165) is 6.42 Å². The zero-order chi connectivity index (χ0) is 16.3. The molecule has 0 heterocycles. The van der Waals surface area contributed by atoms with Gasteiger partial charge in [0.25, 0.3) is 0 Å². The fraction of sp³-hybridized carbons (Fsp3) is 0.550. The number of hydrogen-bond acceptors (Lipinski definition) is 2. The van der Waals surface area contributed by atoms with Crippen molar-refractivity contribution in [2.24, 2.45) is 0 Å². The van der Waals surface area contributed by atoms with Crippen LogP contribution in [0.5, 0.6) is 0 Å². The molecule has 0 unspecified atom stereocenters. The third-order valence-electron chi connectivity index (χ3n) is 3.18. The van der Waals surface area contributed by atoms with Crippen molar-refractivity contribution in [2.75, 3.05) is 6.61 Å². The standard InChI is InChI=1S/C20H32O2/c1-3-5-6-7-8-9-10-11-12-13-14-15-16-17-18-19-20(21)22-4-2/h12-19H,3-11H2,1-2H3/b13-12+,15-14+,17-16+,19-18+. The normalized spacial score (nSPS) is 12.3. The third kappa shape index (κ3) is 16.5. The van der Waals surface area contributed by atoms with E-state index in [2.05, 4.69) is 19.1 Å². The number of esters is 1. The highest BCUT2D eigenvalue weighted by molar-refractivity contribution is 5.82. The van der Waals surface area contributed by atoms with E-state index in [0.29, 0.717) is 6.61 Å². The minimum Gasteiger partial charge on any atom is -0.463 e. The first-order chi connectivity index (χ1) is 10.8. The molecule has 0 aliphatic carbocycles. The van der Waals surface area contributed by atoms with E-state index in [1.165, 1.54) is 51.0 Å². The van der Waals surface area contributed by atoms with Crippen molar-refractivity contribution in [1.82, 2.24) is 0 Å². The van der Waals surface area contributed by atoms with Crippen molar-refractivity contribution in [1.29, 1.82) is 0 Å². The van der Waals surface area contributed by atoms with Crippen molar-refractivity contribution in [2.45, 2.75) is 65.2 Å². The van der Waals surface area contributed by atoms with Gasteiger partial charge in [-0.3, -0.25) is 0 Å². The number of ether oxygens (including phenoxy) is 1. The fourth-order valence-electron chi connectivity index (χ4n) is 1.98. The SMILES string of the molecule is CCCCCCCCC/C=C/C=C/C=C/C=C/C(=O)OCC. The predicted molar refractivity (Wildman–Crippen MR) is 95.8 cm³/mol. The van der Waals surface area contributed by atoms with Gasteiger partial charge in [-0.05, 0) is 19.8 Å². The Hall–Kier alpha value is -1.57. The Kier molecular flexibility index (Phi) is 16.2. The summed E-state index contributed by atoms with van der Waals surface area (Å²) >= 11 is 0. The van der Waals surface area contributed by atoms with Gasteiger partial charge < -0.3 is 4.74 Å². The average molecular weight is 304 g/mol. The molecule has 0 fully saturated rings. The molecule has 22 heavy (non-hydrogen) atoms. The minimum atomic E-state index is -0.300. The molecule has 124 valence electrons. The lowest BCUT2D eigenvalue weighted by Gasteiger charge is -1.98. The van der Waals surface area contributed by atoms with Crippen molar-refractivity contribution < 1.29 is 9.53 Å². The molecule has 0 aliphatic rings. The minimum absolute atomic E-state index is 0.300. The van der Waals surface area contributed by atoms with E-state index >= 15 is 0 Å². The molecule has 2 nitrogen and oxygen atoms in total. The summed E-state index contributed by atoms with van der Waals surface area (Å²) in [6.07, 6.45) is 25.7. The largest absolute Gasteiger partial charge is 0.463 e. The second-order valence-corrected chi connectivity index (χ2v) is 5.22. The maximum absolute atomic E-state index is 11.0. The zero-order valence-electron chi connectivity index (χ0n) is 14.3. The van der Waals surface area contributed by atoms with Gasteiger partial charge in [-0.2, -0.15) is 0 Å². The molecule has 0 spiro atoms. The molecule has 0 aromatic carbocycles. The van der Waals surface area contributed by atoms with Crippen LogP contribution in [0.3, 0.4) is 0 Å². The molecule has 0 aromatic heterocycles. The quantitative estimate of drug-likeness (QED) is 0.183. The van der Waals surface area contributed by atoms with Gasteiger partial charge in [0.15, 0.2) is 0 Å². The lowest BCUT2D eigenvalue weighted by atomic mass is 10.1. The van der Waals surface area contributed by atoms with E-state index in [4.69, 9.17) is 4.74 Å². The number of rotatable bonds is 13. The molecule has 0 aromatic rings. The van der Waals surface area contributed by atoms with Crippen LogP contribution in [0.4, 0.5) is 0 Å². The summed E-state index contributed by atoms with van der Waals surface area (Å²) < 4.78 is 4.77. The molecule has 0 atom stereocenters. The summed E-state index contributed by atoms with van der Waals surface area (Å²) in [6, 6.07) is 0. The molecule has 0 saturated carbocycles. The Morgan fingerprint density at radius 1 is 0.773 bits per heavy atom. The number of unbranched alkanes of at least 4 members (excludes halogenated alkanes) is 7.